The topological polar surface area (TPSA) is 95.6 Å². The maximum atomic E-state index is 12.6. The highest BCUT2D eigenvalue weighted by Crippen LogP contribution is 2.15. The van der Waals surface area contributed by atoms with Crippen LogP contribution in [0.1, 0.15) is 44.7 Å². The fraction of sp³-hybridized carbons (Fsp3) is 0.185. The summed E-state index contributed by atoms with van der Waals surface area (Å²) in [6, 6.07) is 22.6. The van der Waals surface area contributed by atoms with E-state index in [0.29, 0.717) is 16.8 Å². The van der Waals surface area contributed by atoms with Crippen molar-refractivity contribution in [3.63, 3.8) is 0 Å². The van der Waals surface area contributed by atoms with Gasteiger partial charge in [0, 0.05) is 36.4 Å². The van der Waals surface area contributed by atoms with E-state index in [1.807, 2.05) is 41.3 Å². The molecule has 2 amide bonds. The summed E-state index contributed by atoms with van der Waals surface area (Å²) in [5.74, 6) is -0.271. The molecule has 0 aromatic heterocycles. The Balaban J connectivity index is 1.32. The van der Waals surface area contributed by atoms with E-state index in [4.69, 9.17) is 0 Å². The van der Waals surface area contributed by atoms with Gasteiger partial charge in [-0.3, -0.25) is 14.3 Å². The molecule has 1 aliphatic rings. The van der Waals surface area contributed by atoms with Gasteiger partial charge in [0.05, 0.1) is 5.41 Å². The van der Waals surface area contributed by atoms with E-state index in [2.05, 4.69) is 10.0 Å². The molecule has 0 spiro atoms. The molecule has 0 saturated carbocycles. The first-order valence-corrected chi connectivity index (χ1v) is 13.0. The van der Waals surface area contributed by atoms with E-state index in [0.717, 1.165) is 42.5 Å². The lowest BCUT2D eigenvalue weighted by atomic mass is 10.1. The number of likely N-dealkylation sites (tertiary alicyclic amines) is 1. The fourth-order valence-corrected chi connectivity index (χ4v) is 4.69. The highest BCUT2D eigenvalue weighted by atomic mass is 32.2. The van der Waals surface area contributed by atoms with Crippen molar-refractivity contribution in [3.8, 4) is 0 Å². The van der Waals surface area contributed by atoms with E-state index in [1.165, 1.54) is 18.2 Å². The molecule has 35 heavy (non-hydrogen) atoms. The molecule has 3 aromatic carbocycles. The van der Waals surface area contributed by atoms with Crippen molar-refractivity contribution in [3.05, 3.63) is 107 Å². The van der Waals surface area contributed by atoms with Crippen molar-refractivity contribution in [1.29, 1.82) is 0 Å². The van der Waals surface area contributed by atoms with Crippen LogP contribution < -0.4 is 10.0 Å². The zero-order chi connectivity index (χ0) is 24.7. The molecule has 8 heteroatoms. The summed E-state index contributed by atoms with van der Waals surface area (Å²) in [6.07, 6.45) is 3.58. The first kappa shape index (κ1) is 24.2. The number of anilines is 1. The number of benzene rings is 3. The van der Waals surface area contributed by atoms with Crippen LogP contribution in [0.5, 0.6) is 0 Å². The Bertz CT molecular complexity index is 1310. The first-order chi connectivity index (χ1) is 16.9. The van der Waals surface area contributed by atoms with Crippen molar-refractivity contribution < 1.29 is 18.0 Å². The minimum atomic E-state index is -3.69. The Morgan fingerprint density at radius 3 is 2.29 bits per heavy atom. The minimum absolute atomic E-state index is 0.0207. The molecule has 4 rings (SSSR count). The number of carbonyl (C=O) groups excluding carboxylic acids is 2. The molecular weight excluding hydrogens is 462 g/mol. The van der Waals surface area contributed by atoms with Gasteiger partial charge in [-0.05, 0) is 66.4 Å². The number of hydrogen-bond acceptors (Lipinski definition) is 4. The molecule has 2 N–H and O–H groups in total. The lowest BCUT2D eigenvalue weighted by molar-refractivity contribution is 0.0792. The summed E-state index contributed by atoms with van der Waals surface area (Å²) in [5.41, 5.74) is 2.98. The summed E-state index contributed by atoms with van der Waals surface area (Å²) in [7, 11) is -3.69. The Morgan fingerprint density at radius 2 is 1.57 bits per heavy atom. The van der Waals surface area contributed by atoms with Crippen molar-refractivity contribution in [1.82, 2.24) is 10.2 Å². The highest BCUT2D eigenvalue weighted by Gasteiger charge is 2.19. The van der Waals surface area contributed by atoms with E-state index < -0.39 is 10.0 Å². The quantitative estimate of drug-likeness (QED) is 0.494. The summed E-state index contributed by atoms with van der Waals surface area (Å²) < 4.78 is 27.1. The molecule has 0 bridgehead atoms. The molecule has 0 atom stereocenters. The van der Waals surface area contributed by atoms with Crippen LogP contribution >= 0.6 is 0 Å². The second-order valence-corrected chi connectivity index (χ2v) is 9.89. The van der Waals surface area contributed by atoms with Gasteiger partial charge >= 0.3 is 0 Å². The molecule has 7 nitrogen and oxygen atoms in total. The van der Waals surface area contributed by atoms with Crippen molar-refractivity contribution in [2.24, 2.45) is 0 Å². The Morgan fingerprint density at radius 1 is 0.857 bits per heavy atom. The minimum Gasteiger partial charge on any atom is -0.348 e. The van der Waals surface area contributed by atoms with Gasteiger partial charge in [0.25, 0.3) is 21.8 Å². The molecule has 1 fully saturated rings. The maximum absolute atomic E-state index is 12.6. The average Bonchev–Trinajstić information content (AvgIpc) is 3.42. The Hall–Kier alpha value is -3.91. The van der Waals surface area contributed by atoms with Crippen LogP contribution in [0.25, 0.3) is 6.08 Å². The van der Waals surface area contributed by atoms with Gasteiger partial charge in [0.15, 0.2) is 0 Å². The smallest absolute Gasteiger partial charge is 0.255 e. The zero-order valence-electron chi connectivity index (χ0n) is 19.2. The second kappa shape index (κ2) is 11.0. The van der Waals surface area contributed by atoms with E-state index >= 15 is 0 Å². The summed E-state index contributed by atoms with van der Waals surface area (Å²) in [4.78, 5) is 27.0. The molecule has 3 aromatic rings. The number of nitrogens with one attached hydrogen (secondary N) is 2. The van der Waals surface area contributed by atoms with Gasteiger partial charge in [-0.1, -0.05) is 42.5 Å². The predicted molar refractivity (Wildman–Crippen MR) is 137 cm³/mol. The number of nitrogens with zero attached hydrogens (tertiary/aromatic N) is 1. The number of carbonyl (C=O) groups is 2. The van der Waals surface area contributed by atoms with Crippen LogP contribution in [0.3, 0.4) is 0 Å². The van der Waals surface area contributed by atoms with Gasteiger partial charge in [-0.25, -0.2) is 8.42 Å². The molecular formula is C27H27N3O4S. The van der Waals surface area contributed by atoms with Crippen LogP contribution in [0.15, 0.2) is 84.3 Å². The number of hydrogen-bond donors (Lipinski definition) is 2. The van der Waals surface area contributed by atoms with Gasteiger partial charge < -0.3 is 10.2 Å². The first-order valence-electron chi connectivity index (χ1n) is 11.4. The third-order valence-electron chi connectivity index (χ3n) is 5.67. The van der Waals surface area contributed by atoms with E-state index in [1.54, 1.807) is 30.3 Å². The Kier molecular flexibility index (Phi) is 7.62. The van der Waals surface area contributed by atoms with Crippen LogP contribution in [-0.4, -0.2) is 38.2 Å². The third-order valence-corrected chi connectivity index (χ3v) is 6.68. The van der Waals surface area contributed by atoms with Gasteiger partial charge in [-0.15, -0.1) is 0 Å². The largest absolute Gasteiger partial charge is 0.348 e. The lowest BCUT2D eigenvalue weighted by Gasteiger charge is -2.15. The van der Waals surface area contributed by atoms with Gasteiger partial charge in [-0.2, -0.15) is 0 Å². The standard InChI is InChI=1S/C27H27N3O4S/c31-26(28-20-22-9-6-10-24(19-22)27(32)30-16-4-5-17-30)23-11-13-25(14-12-23)29-35(33,34)18-15-21-7-2-1-3-8-21/h1-3,6-15,18-19,29H,4-5,16-17,20H2,(H,28,31)/b18-15+. The number of amides is 2. The van der Waals surface area contributed by atoms with Crippen LogP contribution in [-0.2, 0) is 16.6 Å². The third kappa shape index (κ3) is 6.80. The summed E-state index contributed by atoms with van der Waals surface area (Å²) in [6.45, 7) is 1.85. The summed E-state index contributed by atoms with van der Waals surface area (Å²) >= 11 is 0. The molecule has 0 aliphatic carbocycles. The van der Waals surface area contributed by atoms with Gasteiger partial charge in [0.1, 0.15) is 0 Å². The molecule has 1 aliphatic heterocycles. The highest BCUT2D eigenvalue weighted by molar-refractivity contribution is 7.95. The molecule has 1 saturated heterocycles. The van der Waals surface area contributed by atoms with E-state index in [9.17, 15) is 18.0 Å². The normalized spacial score (nSPS) is 13.7. The zero-order valence-corrected chi connectivity index (χ0v) is 20.0. The van der Waals surface area contributed by atoms with Crippen LogP contribution in [0.4, 0.5) is 5.69 Å². The molecule has 1 heterocycles. The van der Waals surface area contributed by atoms with Gasteiger partial charge in [0.2, 0.25) is 0 Å². The second-order valence-electron chi connectivity index (χ2n) is 8.32. The van der Waals surface area contributed by atoms with E-state index in [-0.39, 0.29) is 18.4 Å². The summed E-state index contributed by atoms with van der Waals surface area (Å²) in [5, 5.41) is 3.95. The van der Waals surface area contributed by atoms with Crippen LogP contribution in [0.2, 0.25) is 0 Å². The van der Waals surface area contributed by atoms with Crippen molar-refractivity contribution in [2.75, 3.05) is 17.8 Å². The fourth-order valence-electron chi connectivity index (χ4n) is 3.82. The van der Waals surface area contributed by atoms with Crippen molar-refractivity contribution in [2.45, 2.75) is 19.4 Å². The molecule has 0 unspecified atom stereocenters. The maximum Gasteiger partial charge on any atom is 0.255 e. The Labute approximate surface area is 205 Å². The molecule has 0 radical (unpaired) electrons. The lowest BCUT2D eigenvalue weighted by Crippen LogP contribution is -2.28. The number of sulfonamides is 1. The molecule has 180 valence electrons. The van der Waals surface area contributed by atoms with Crippen molar-refractivity contribution >= 4 is 33.6 Å². The SMILES string of the molecule is O=C(NCc1cccc(C(=O)N2CCCC2)c1)c1ccc(NS(=O)(=O)/C=C/c2ccccc2)cc1. The monoisotopic (exact) mass is 489 g/mol. The average molecular weight is 490 g/mol. The van der Waals surface area contributed by atoms with Crippen LogP contribution in [0, 0.1) is 0 Å². The number of rotatable bonds is 8. The predicted octanol–water partition coefficient (Wildman–Crippen LogP) is 4.27.